The zero-order chi connectivity index (χ0) is 17.5. The minimum absolute atomic E-state index is 0.341. The first-order valence-corrected chi connectivity index (χ1v) is 8.23. The van der Waals surface area contributed by atoms with E-state index in [2.05, 4.69) is 5.32 Å². The summed E-state index contributed by atoms with van der Waals surface area (Å²) in [4.78, 5) is 35.6. The van der Waals surface area contributed by atoms with E-state index in [0.29, 0.717) is 16.8 Å². The van der Waals surface area contributed by atoms with Crippen LogP contribution in [0.4, 0.5) is 5.69 Å². The maximum atomic E-state index is 12.0. The fourth-order valence-electron chi connectivity index (χ4n) is 1.94. The molecule has 0 bridgehead atoms. The molecule has 7 heteroatoms. The van der Waals surface area contributed by atoms with E-state index in [-0.39, 0.29) is 0 Å². The van der Waals surface area contributed by atoms with Crippen LogP contribution in [0.25, 0.3) is 0 Å². The molecule has 0 aliphatic rings. The highest BCUT2D eigenvalue weighted by atomic mass is 32.2. The third-order valence-corrected chi connectivity index (χ3v) is 3.91. The minimum Gasteiger partial charge on any atom is -0.452 e. The lowest BCUT2D eigenvalue weighted by Gasteiger charge is -2.09. The van der Waals surface area contributed by atoms with Crippen LogP contribution >= 0.6 is 11.8 Å². The van der Waals surface area contributed by atoms with Gasteiger partial charge in [0.1, 0.15) is 0 Å². The van der Waals surface area contributed by atoms with Crippen molar-refractivity contribution in [3.63, 3.8) is 0 Å². The number of rotatable bonds is 6. The van der Waals surface area contributed by atoms with Gasteiger partial charge in [-0.15, -0.1) is 11.8 Å². The van der Waals surface area contributed by atoms with Crippen molar-refractivity contribution in [2.75, 3.05) is 18.2 Å². The lowest BCUT2D eigenvalue weighted by atomic mass is 10.2. The number of nitrogens with one attached hydrogen (secondary N) is 1. The molecule has 0 spiro atoms. The van der Waals surface area contributed by atoms with Crippen LogP contribution in [0.2, 0.25) is 0 Å². The van der Waals surface area contributed by atoms with Crippen LogP contribution < -0.4 is 11.1 Å². The van der Waals surface area contributed by atoms with Gasteiger partial charge in [-0.2, -0.15) is 0 Å². The van der Waals surface area contributed by atoms with Crippen molar-refractivity contribution in [1.29, 1.82) is 0 Å². The van der Waals surface area contributed by atoms with Gasteiger partial charge >= 0.3 is 5.97 Å². The molecule has 2 amide bonds. The van der Waals surface area contributed by atoms with E-state index in [0.717, 1.165) is 4.90 Å². The molecule has 0 aromatic heterocycles. The lowest BCUT2D eigenvalue weighted by molar-refractivity contribution is -0.119. The second-order valence-corrected chi connectivity index (χ2v) is 5.61. The molecule has 2 aromatic rings. The molecule has 0 heterocycles. The van der Waals surface area contributed by atoms with Gasteiger partial charge in [0.2, 0.25) is 5.91 Å². The van der Waals surface area contributed by atoms with Crippen molar-refractivity contribution in [1.82, 2.24) is 0 Å². The Morgan fingerprint density at radius 2 is 1.75 bits per heavy atom. The predicted molar refractivity (Wildman–Crippen MR) is 92.1 cm³/mol. The molecule has 2 rings (SSSR count). The van der Waals surface area contributed by atoms with Gasteiger partial charge in [-0.25, -0.2) is 4.79 Å². The minimum atomic E-state index is -0.556. The summed E-state index contributed by atoms with van der Waals surface area (Å²) < 4.78 is 5.03. The van der Waals surface area contributed by atoms with Gasteiger partial charge in [0, 0.05) is 16.1 Å². The number of amides is 2. The fraction of sp³-hybridized carbons (Fsp3) is 0.118. The number of thioether (sulfide) groups is 1. The number of carbonyl (C=O) groups excluding carboxylic acids is 3. The van der Waals surface area contributed by atoms with Gasteiger partial charge in [-0.3, -0.25) is 9.59 Å². The van der Waals surface area contributed by atoms with Crippen LogP contribution in [0.15, 0.2) is 53.4 Å². The van der Waals surface area contributed by atoms with Gasteiger partial charge in [0.15, 0.2) is 6.61 Å². The van der Waals surface area contributed by atoms with Crippen LogP contribution in [0.1, 0.15) is 20.7 Å². The SMILES string of the molecule is CSc1ccccc1C(=O)OCC(=O)Nc1ccc(C(N)=O)cc1. The molecule has 2 aromatic carbocycles. The van der Waals surface area contributed by atoms with Crippen molar-refractivity contribution in [3.8, 4) is 0 Å². The number of hydrogen-bond acceptors (Lipinski definition) is 5. The van der Waals surface area contributed by atoms with Crippen LogP contribution in [0.5, 0.6) is 0 Å². The van der Waals surface area contributed by atoms with Crippen molar-refractivity contribution >= 4 is 35.2 Å². The second kappa shape index (κ2) is 8.16. The Morgan fingerprint density at radius 1 is 1.08 bits per heavy atom. The number of hydrogen-bond donors (Lipinski definition) is 2. The quantitative estimate of drug-likeness (QED) is 0.619. The Bertz CT molecular complexity index is 759. The van der Waals surface area contributed by atoms with Crippen LogP contribution in [0.3, 0.4) is 0 Å². The molecule has 0 atom stereocenters. The largest absolute Gasteiger partial charge is 0.452 e. The fourth-order valence-corrected chi connectivity index (χ4v) is 2.52. The van der Waals surface area contributed by atoms with Crippen LogP contribution in [-0.2, 0) is 9.53 Å². The third kappa shape index (κ3) is 4.60. The number of nitrogens with two attached hydrogens (primary N) is 1. The first kappa shape index (κ1) is 17.6. The zero-order valence-corrected chi connectivity index (χ0v) is 13.8. The average molecular weight is 344 g/mol. The maximum absolute atomic E-state index is 12.0. The Kier molecular flexibility index (Phi) is 5.97. The van der Waals surface area contributed by atoms with E-state index in [1.54, 1.807) is 24.3 Å². The number of anilines is 1. The molecule has 3 N–H and O–H groups in total. The number of primary amides is 1. The Morgan fingerprint density at radius 3 is 2.38 bits per heavy atom. The average Bonchev–Trinajstić information content (AvgIpc) is 2.60. The molecule has 124 valence electrons. The highest BCUT2D eigenvalue weighted by molar-refractivity contribution is 7.98. The highest BCUT2D eigenvalue weighted by Crippen LogP contribution is 2.20. The normalized spacial score (nSPS) is 10.0. The second-order valence-electron chi connectivity index (χ2n) is 4.77. The van der Waals surface area contributed by atoms with E-state index in [1.807, 2.05) is 18.4 Å². The summed E-state index contributed by atoms with van der Waals surface area (Å²) >= 11 is 1.43. The smallest absolute Gasteiger partial charge is 0.339 e. The molecule has 24 heavy (non-hydrogen) atoms. The zero-order valence-electron chi connectivity index (χ0n) is 12.9. The molecule has 0 unspecified atom stereocenters. The van der Waals surface area contributed by atoms with Crippen molar-refractivity contribution in [3.05, 3.63) is 59.7 Å². The number of carbonyl (C=O) groups is 3. The Labute approximate surface area is 143 Å². The van der Waals surface area contributed by atoms with Crippen molar-refractivity contribution in [2.45, 2.75) is 4.90 Å². The van der Waals surface area contributed by atoms with Crippen molar-refractivity contribution < 1.29 is 19.1 Å². The highest BCUT2D eigenvalue weighted by Gasteiger charge is 2.13. The molecule has 0 saturated heterocycles. The van der Waals surface area contributed by atoms with Gasteiger partial charge < -0.3 is 15.8 Å². The van der Waals surface area contributed by atoms with E-state index in [1.165, 1.54) is 23.9 Å². The summed E-state index contributed by atoms with van der Waals surface area (Å²) in [5.41, 5.74) is 6.38. The molecule has 0 saturated carbocycles. The lowest BCUT2D eigenvalue weighted by Crippen LogP contribution is -2.21. The summed E-state index contributed by atoms with van der Waals surface area (Å²) in [6.45, 7) is -0.404. The topological polar surface area (TPSA) is 98.5 Å². The van der Waals surface area contributed by atoms with Crippen LogP contribution in [-0.4, -0.2) is 30.6 Å². The van der Waals surface area contributed by atoms with Gasteiger partial charge in [-0.05, 0) is 42.7 Å². The molecule has 6 nitrogen and oxygen atoms in total. The monoisotopic (exact) mass is 344 g/mol. The summed E-state index contributed by atoms with van der Waals surface area (Å²) in [6.07, 6.45) is 1.86. The molecule has 0 radical (unpaired) electrons. The van der Waals surface area contributed by atoms with E-state index >= 15 is 0 Å². The predicted octanol–water partition coefficient (Wildman–Crippen LogP) is 2.30. The first-order chi connectivity index (χ1) is 11.5. The van der Waals surface area contributed by atoms with Gasteiger partial charge in [0.05, 0.1) is 5.56 Å². The summed E-state index contributed by atoms with van der Waals surface area (Å²) in [5.74, 6) is -1.58. The number of ether oxygens (including phenoxy) is 1. The first-order valence-electron chi connectivity index (χ1n) is 7.01. The van der Waals surface area contributed by atoms with Gasteiger partial charge in [0.25, 0.3) is 5.91 Å². The Hall–Kier alpha value is -2.80. The molecular formula is C17H16N2O4S. The Balaban J connectivity index is 1.91. The van der Waals surface area contributed by atoms with E-state index in [4.69, 9.17) is 10.5 Å². The van der Waals surface area contributed by atoms with Gasteiger partial charge in [-0.1, -0.05) is 12.1 Å². The number of esters is 1. The molecule has 0 fully saturated rings. The van der Waals surface area contributed by atoms with E-state index in [9.17, 15) is 14.4 Å². The molecule has 0 aliphatic heterocycles. The van der Waals surface area contributed by atoms with E-state index < -0.39 is 24.4 Å². The summed E-state index contributed by atoms with van der Waals surface area (Å²) in [6, 6.07) is 13.1. The number of benzene rings is 2. The summed E-state index contributed by atoms with van der Waals surface area (Å²) in [5, 5.41) is 2.57. The maximum Gasteiger partial charge on any atom is 0.339 e. The standard InChI is InChI=1S/C17H16N2O4S/c1-24-14-5-3-2-4-13(14)17(22)23-10-15(20)19-12-8-6-11(7-9-12)16(18)21/h2-9H,10H2,1H3,(H2,18,21)(H,19,20). The van der Waals surface area contributed by atoms with Crippen LogP contribution in [0, 0.1) is 0 Å². The van der Waals surface area contributed by atoms with Crippen molar-refractivity contribution in [2.24, 2.45) is 5.73 Å². The molecular weight excluding hydrogens is 328 g/mol. The molecule has 0 aliphatic carbocycles. The summed E-state index contributed by atoms with van der Waals surface area (Å²) in [7, 11) is 0. The third-order valence-electron chi connectivity index (χ3n) is 3.11.